The minimum absolute atomic E-state index is 0.000366. The summed E-state index contributed by atoms with van der Waals surface area (Å²) in [5.74, 6) is -0.986. The lowest BCUT2D eigenvalue weighted by atomic mass is 10.0. The summed E-state index contributed by atoms with van der Waals surface area (Å²) in [6.07, 6.45) is -11.5. The summed E-state index contributed by atoms with van der Waals surface area (Å²) >= 11 is 5.88. The van der Waals surface area contributed by atoms with E-state index in [0.29, 0.717) is 9.70 Å². The zero-order valence-corrected chi connectivity index (χ0v) is 23.9. The highest BCUT2D eigenvalue weighted by atomic mass is 35.5. The van der Waals surface area contributed by atoms with Crippen molar-refractivity contribution >= 4 is 23.6 Å². The van der Waals surface area contributed by atoms with E-state index in [-0.39, 0.29) is 17.0 Å². The van der Waals surface area contributed by atoms with Gasteiger partial charge in [0.1, 0.15) is 12.1 Å². The fourth-order valence-electron chi connectivity index (χ4n) is 3.84. The van der Waals surface area contributed by atoms with E-state index in [4.69, 9.17) is 16.3 Å². The first-order valence-corrected chi connectivity index (χ1v) is 13.1. The van der Waals surface area contributed by atoms with E-state index >= 15 is 0 Å². The molecule has 0 saturated carbocycles. The molecule has 2 aromatic carbocycles. The average Bonchev–Trinajstić information content (AvgIpc) is 3.18. The molecule has 2 N–H and O–H groups in total. The van der Waals surface area contributed by atoms with Gasteiger partial charge in [0.15, 0.2) is 5.82 Å². The fraction of sp³-hybridized carbons (Fsp3) is 0.407. The van der Waals surface area contributed by atoms with E-state index < -0.39 is 73.3 Å². The van der Waals surface area contributed by atoms with Crippen molar-refractivity contribution in [2.45, 2.75) is 64.3 Å². The topological polar surface area (TPSA) is 107 Å². The van der Waals surface area contributed by atoms with Gasteiger partial charge in [0.05, 0.1) is 18.0 Å². The van der Waals surface area contributed by atoms with Crippen LogP contribution in [0.4, 0.5) is 31.1 Å². The maximum atomic E-state index is 13.3. The van der Waals surface area contributed by atoms with Crippen molar-refractivity contribution in [3.8, 4) is 11.4 Å². The van der Waals surface area contributed by atoms with Crippen LogP contribution in [0.2, 0.25) is 5.02 Å². The van der Waals surface area contributed by atoms with E-state index in [1.807, 2.05) is 0 Å². The number of carbonyl (C=O) groups is 2. The molecule has 16 heteroatoms. The van der Waals surface area contributed by atoms with Crippen LogP contribution in [0.25, 0.3) is 11.4 Å². The van der Waals surface area contributed by atoms with Crippen LogP contribution in [-0.4, -0.2) is 44.7 Å². The average molecular weight is 636 g/mol. The van der Waals surface area contributed by atoms with E-state index in [0.717, 1.165) is 22.8 Å². The minimum atomic E-state index is -4.68. The molecule has 1 atom stereocenters. The van der Waals surface area contributed by atoms with Gasteiger partial charge in [-0.05, 0) is 62.7 Å². The molecule has 0 fully saturated rings. The van der Waals surface area contributed by atoms with Gasteiger partial charge in [-0.3, -0.25) is 9.36 Å². The second kappa shape index (κ2) is 13.1. The molecule has 0 aliphatic carbocycles. The number of aromatic nitrogens is 3. The molecule has 0 bridgehead atoms. The monoisotopic (exact) mass is 635 g/mol. The molecule has 234 valence electrons. The van der Waals surface area contributed by atoms with Crippen molar-refractivity contribution in [1.29, 1.82) is 0 Å². The van der Waals surface area contributed by atoms with Gasteiger partial charge in [-0.25, -0.2) is 14.3 Å². The summed E-state index contributed by atoms with van der Waals surface area (Å²) in [5, 5.41) is 9.22. The lowest BCUT2D eigenvalue weighted by Crippen LogP contribution is -2.42. The Morgan fingerprint density at radius 3 is 2.26 bits per heavy atom. The number of hydrogen-bond acceptors (Lipinski definition) is 5. The molecule has 2 amide bonds. The number of carbonyl (C=O) groups excluding carboxylic acids is 2. The quantitative estimate of drug-likeness (QED) is 0.293. The molecule has 0 saturated heterocycles. The van der Waals surface area contributed by atoms with Crippen LogP contribution in [0, 0.1) is 0 Å². The molecule has 1 heterocycles. The number of nitrogens with one attached hydrogen (secondary N) is 2. The normalized spacial score (nSPS) is 13.0. The van der Waals surface area contributed by atoms with Gasteiger partial charge in [-0.15, -0.1) is 5.10 Å². The molecule has 0 radical (unpaired) electrons. The summed E-state index contributed by atoms with van der Waals surface area (Å²) in [6, 6.07) is 8.70. The molecule has 1 aromatic heterocycles. The maximum Gasteiger partial charge on any atom is 0.416 e. The number of alkyl halides is 6. The van der Waals surface area contributed by atoms with Crippen molar-refractivity contribution in [2.75, 3.05) is 6.54 Å². The zero-order chi connectivity index (χ0) is 32.2. The predicted octanol–water partition coefficient (Wildman–Crippen LogP) is 5.72. The third kappa shape index (κ3) is 10.0. The first kappa shape index (κ1) is 33.5. The number of amides is 2. The molecule has 3 rings (SSSR count). The fourth-order valence-corrected chi connectivity index (χ4v) is 3.96. The summed E-state index contributed by atoms with van der Waals surface area (Å²) in [7, 11) is 0. The minimum Gasteiger partial charge on any atom is -0.444 e. The Morgan fingerprint density at radius 2 is 1.67 bits per heavy atom. The first-order valence-electron chi connectivity index (χ1n) is 12.8. The molecule has 0 aliphatic heterocycles. The Labute approximate surface area is 246 Å². The molecule has 3 aromatic rings. The maximum absolute atomic E-state index is 13.3. The summed E-state index contributed by atoms with van der Waals surface area (Å²) in [5.41, 5.74) is -2.64. The molecule has 0 spiro atoms. The Balaban J connectivity index is 1.84. The van der Waals surface area contributed by atoms with Crippen LogP contribution >= 0.6 is 11.6 Å². The van der Waals surface area contributed by atoms with Gasteiger partial charge in [-0.2, -0.15) is 26.3 Å². The Bertz CT molecular complexity index is 1490. The summed E-state index contributed by atoms with van der Waals surface area (Å²) in [4.78, 5) is 38.2. The van der Waals surface area contributed by atoms with Crippen LogP contribution in [0.5, 0.6) is 0 Å². The second-order valence-corrected chi connectivity index (χ2v) is 10.9. The second-order valence-electron chi connectivity index (χ2n) is 10.4. The number of halogens is 7. The van der Waals surface area contributed by atoms with Crippen molar-refractivity contribution in [3.05, 3.63) is 75.2 Å². The van der Waals surface area contributed by atoms with Crippen molar-refractivity contribution in [3.63, 3.8) is 0 Å². The van der Waals surface area contributed by atoms with Gasteiger partial charge < -0.3 is 15.4 Å². The van der Waals surface area contributed by atoms with E-state index in [9.17, 15) is 40.7 Å². The SMILES string of the molecule is CC(C)(C)OC(=O)NC(CNC(=O)Cn1nc(-c2ccc(Cl)cc2)n(CCC(F)(F)F)c1=O)c1cccc(C(F)(F)F)c1. The van der Waals surface area contributed by atoms with E-state index in [2.05, 4.69) is 15.7 Å². The van der Waals surface area contributed by atoms with Crippen molar-refractivity contribution < 1.29 is 40.7 Å². The van der Waals surface area contributed by atoms with Crippen LogP contribution in [-0.2, 0) is 28.8 Å². The van der Waals surface area contributed by atoms with Crippen LogP contribution < -0.4 is 16.3 Å². The van der Waals surface area contributed by atoms with Gasteiger partial charge in [0.2, 0.25) is 5.91 Å². The Morgan fingerprint density at radius 1 is 1.02 bits per heavy atom. The molecule has 9 nitrogen and oxygen atoms in total. The standard InChI is InChI=1S/C27H28ClF6N5O4/c1-25(2,3)43-23(41)36-20(17-5-4-6-18(13-17)27(32,33)34)14-35-21(40)15-39-24(42)38(12-11-26(29,30)31)22(37-39)16-7-9-19(28)10-8-16/h4-10,13,20H,11-12,14-15H2,1-3H3,(H,35,40)(H,36,41). The highest BCUT2D eigenvalue weighted by Gasteiger charge is 2.32. The number of ether oxygens (including phenoxy) is 1. The smallest absolute Gasteiger partial charge is 0.416 e. The lowest BCUT2D eigenvalue weighted by molar-refractivity contribution is -0.138. The van der Waals surface area contributed by atoms with E-state index in [1.54, 1.807) is 20.8 Å². The number of rotatable bonds is 9. The summed E-state index contributed by atoms with van der Waals surface area (Å²) in [6.45, 7) is 2.82. The first-order chi connectivity index (χ1) is 19.8. The molecular weight excluding hydrogens is 608 g/mol. The van der Waals surface area contributed by atoms with Crippen LogP contribution in [0.1, 0.15) is 44.4 Å². The Hall–Kier alpha value is -4.01. The predicted molar refractivity (Wildman–Crippen MR) is 144 cm³/mol. The van der Waals surface area contributed by atoms with Gasteiger partial charge in [-0.1, -0.05) is 23.7 Å². The molecule has 43 heavy (non-hydrogen) atoms. The van der Waals surface area contributed by atoms with Crippen molar-refractivity contribution in [1.82, 2.24) is 25.0 Å². The highest BCUT2D eigenvalue weighted by Crippen LogP contribution is 2.31. The molecule has 0 aliphatic rings. The number of benzene rings is 2. The summed E-state index contributed by atoms with van der Waals surface area (Å²) < 4.78 is 85.4. The van der Waals surface area contributed by atoms with Crippen molar-refractivity contribution in [2.24, 2.45) is 0 Å². The third-order valence-electron chi connectivity index (χ3n) is 5.75. The molecular formula is C27H28ClF6N5O4. The Kier molecular flexibility index (Phi) is 10.2. The molecule has 1 unspecified atom stereocenters. The zero-order valence-electron chi connectivity index (χ0n) is 23.1. The highest BCUT2D eigenvalue weighted by molar-refractivity contribution is 6.30. The lowest BCUT2D eigenvalue weighted by Gasteiger charge is -2.24. The van der Waals surface area contributed by atoms with Crippen LogP contribution in [0.15, 0.2) is 53.3 Å². The van der Waals surface area contributed by atoms with Gasteiger partial charge in [0.25, 0.3) is 0 Å². The van der Waals surface area contributed by atoms with E-state index in [1.165, 1.54) is 30.3 Å². The van der Waals surface area contributed by atoms with Crippen LogP contribution in [0.3, 0.4) is 0 Å². The van der Waals surface area contributed by atoms with Gasteiger partial charge in [0, 0.05) is 23.7 Å². The number of hydrogen-bond donors (Lipinski definition) is 2. The van der Waals surface area contributed by atoms with Gasteiger partial charge >= 0.3 is 24.1 Å². The largest absolute Gasteiger partial charge is 0.444 e. The number of nitrogens with zero attached hydrogens (tertiary/aromatic N) is 3. The third-order valence-corrected chi connectivity index (χ3v) is 6.00. The number of alkyl carbamates (subject to hydrolysis) is 1.